The zero-order chi connectivity index (χ0) is 32.3. The van der Waals surface area contributed by atoms with E-state index in [9.17, 15) is 19.2 Å². The molecule has 0 saturated heterocycles. The minimum Gasteiger partial charge on any atom is -0.498 e. The number of aromatic nitrogens is 2. The first-order chi connectivity index (χ1) is 21.1. The molecule has 0 spiro atoms. The summed E-state index contributed by atoms with van der Waals surface area (Å²) >= 11 is 0. The molecule has 0 aliphatic heterocycles. The molecule has 1 aromatic heterocycles. The quantitative estimate of drug-likeness (QED) is 0.150. The number of nitrogens with zero attached hydrogens (tertiary/aromatic N) is 3. The van der Waals surface area contributed by atoms with Crippen LogP contribution in [0.3, 0.4) is 0 Å². The fraction of sp³-hybridized carbons (Fsp3) is 0.548. The normalized spacial score (nSPS) is 12.3. The Bertz CT molecular complexity index is 1160. The first-order valence-corrected chi connectivity index (χ1v) is 15.3. The molecule has 0 unspecified atom stereocenters. The highest BCUT2D eigenvalue weighted by molar-refractivity contribution is 6.51. The number of amides is 2. The number of benzene rings is 1. The molecular weight excluding hydrogens is 563 g/mol. The van der Waals surface area contributed by atoms with E-state index in [1.165, 1.54) is 18.6 Å². The summed E-state index contributed by atoms with van der Waals surface area (Å²) in [5.74, 6) is -3.07. The van der Waals surface area contributed by atoms with E-state index in [0.29, 0.717) is 19.5 Å². The number of nitrogens with one attached hydrogen (secondary N) is 2. The van der Waals surface area contributed by atoms with Crippen LogP contribution in [0.5, 0.6) is 0 Å². The van der Waals surface area contributed by atoms with Crippen LogP contribution in [0.25, 0.3) is 0 Å². The Morgan fingerprint density at radius 3 is 2.32 bits per heavy atom. The van der Waals surface area contributed by atoms with Crippen LogP contribution < -0.4 is 16.4 Å². The molecule has 0 radical (unpaired) electrons. The Balaban J connectivity index is 2.22. The van der Waals surface area contributed by atoms with Crippen molar-refractivity contribution in [1.82, 2.24) is 25.5 Å². The predicted molar refractivity (Wildman–Crippen MR) is 168 cm³/mol. The Morgan fingerprint density at radius 2 is 1.68 bits per heavy atom. The van der Waals surface area contributed by atoms with Crippen molar-refractivity contribution >= 4 is 30.9 Å². The molecule has 2 amide bonds. The average Bonchev–Trinajstić information content (AvgIpc) is 3.00. The van der Waals surface area contributed by atoms with E-state index >= 15 is 0 Å². The van der Waals surface area contributed by atoms with Gasteiger partial charge in [-0.15, -0.1) is 0 Å². The van der Waals surface area contributed by atoms with Gasteiger partial charge in [0.15, 0.2) is 0 Å². The van der Waals surface area contributed by atoms with Crippen molar-refractivity contribution in [1.29, 1.82) is 0 Å². The van der Waals surface area contributed by atoms with Crippen molar-refractivity contribution in [3.05, 3.63) is 60.2 Å². The highest BCUT2D eigenvalue weighted by atomic mass is 16.6. The summed E-state index contributed by atoms with van der Waals surface area (Å²) in [7, 11) is 0.464. The van der Waals surface area contributed by atoms with Gasteiger partial charge in [0.1, 0.15) is 11.7 Å². The number of carbonyl (C=O) groups excluding carboxylic acids is 4. The third kappa shape index (κ3) is 14.1. The molecule has 2 rings (SSSR count). The minimum absolute atomic E-state index is 0.00971. The van der Waals surface area contributed by atoms with Gasteiger partial charge in [0.2, 0.25) is 5.91 Å². The summed E-state index contributed by atoms with van der Waals surface area (Å²) in [5, 5.41) is 5.65. The molecule has 12 nitrogen and oxygen atoms in total. The second-order valence-electron chi connectivity index (χ2n) is 11.2. The molecule has 0 aliphatic carbocycles. The highest BCUT2D eigenvalue weighted by Crippen LogP contribution is 2.13. The standard InChI is InChI=1S/C31H47BN6O6/c1-5-28(39)43-32(44-29(40)22-38(4)18-12-7-6-11-15-33)27(19-23(2)3)37-30(41)25(20-24-13-9-8-10-14-24)36-31(42)26-21-34-16-17-35-26/h8-10,13-14,16-17,21,23,25,27H,5-7,11-12,15,18-20,22,33H2,1-4H3,(H,36,42)(H,37,41)/t25-,27-/m0/s1. The van der Waals surface area contributed by atoms with Crippen molar-refractivity contribution in [2.45, 2.75) is 77.7 Å². The molecule has 0 fully saturated rings. The van der Waals surface area contributed by atoms with E-state index in [-0.39, 0.29) is 31.0 Å². The van der Waals surface area contributed by atoms with E-state index in [2.05, 4.69) is 20.6 Å². The van der Waals surface area contributed by atoms with Gasteiger partial charge in [0.25, 0.3) is 11.9 Å². The van der Waals surface area contributed by atoms with Crippen LogP contribution in [0.4, 0.5) is 0 Å². The van der Waals surface area contributed by atoms with Crippen molar-refractivity contribution in [3.8, 4) is 0 Å². The molecular formula is C31H47BN6O6. The minimum atomic E-state index is -1.35. The third-order valence-corrected chi connectivity index (χ3v) is 6.76. The summed E-state index contributed by atoms with van der Waals surface area (Å²) < 4.78 is 11.2. The van der Waals surface area contributed by atoms with Crippen LogP contribution in [-0.4, -0.2) is 84.4 Å². The first kappa shape index (κ1) is 36.4. The van der Waals surface area contributed by atoms with E-state index in [1.807, 2.05) is 56.1 Å². The van der Waals surface area contributed by atoms with Gasteiger partial charge in [-0.1, -0.05) is 63.9 Å². The first-order valence-electron chi connectivity index (χ1n) is 15.3. The van der Waals surface area contributed by atoms with Crippen molar-refractivity contribution in [2.75, 3.05) is 26.7 Å². The zero-order valence-electron chi connectivity index (χ0n) is 26.4. The van der Waals surface area contributed by atoms with Crippen LogP contribution in [0.2, 0.25) is 0 Å². The molecule has 2 atom stereocenters. The molecule has 240 valence electrons. The van der Waals surface area contributed by atoms with Crippen LogP contribution in [0.15, 0.2) is 48.9 Å². The second kappa shape index (κ2) is 20.2. The SMILES string of the molecule is CCC(=O)OB(OC(=O)CN(C)CCCCCCN)[C@H](CC(C)C)NC(=O)[C@H](Cc1ccccc1)NC(=O)c1cnccn1. The summed E-state index contributed by atoms with van der Waals surface area (Å²) in [6.07, 6.45) is 8.65. The fourth-order valence-corrected chi connectivity index (χ4v) is 4.48. The lowest BCUT2D eigenvalue weighted by molar-refractivity contribution is -0.141. The largest absolute Gasteiger partial charge is 0.622 e. The predicted octanol–water partition coefficient (Wildman–Crippen LogP) is 2.32. The van der Waals surface area contributed by atoms with Gasteiger partial charge in [-0.2, -0.15) is 0 Å². The van der Waals surface area contributed by atoms with E-state index in [0.717, 1.165) is 31.2 Å². The number of nitrogens with two attached hydrogens (primary N) is 1. The van der Waals surface area contributed by atoms with Crippen LogP contribution in [0.1, 0.15) is 75.3 Å². The molecule has 4 N–H and O–H groups in total. The van der Waals surface area contributed by atoms with Crippen LogP contribution in [0, 0.1) is 5.92 Å². The summed E-state index contributed by atoms with van der Waals surface area (Å²) in [6, 6.07) is 8.23. The van der Waals surface area contributed by atoms with Crippen LogP contribution in [-0.2, 0) is 30.1 Å². The molecule has 44 heavy (non-hydrogen) atoms. The van der Waals surface area contributed by atoms with Crippen molar-refractivity contribution in [3.63, 3.8) is 0 Å². The lowest BCUT2D eigenvalue weighted by Crippen LogP contribution is -2.57. The number of likely N-dealkylation sites (N-methyl/N-ethyl adjacent to an activating group) is 1. The molecule has 1 aromatic carbocycles. The Kier molecular flexibility index (Phi) is 16.7. The number of hydrogen-bond acceptors (Lipinski definition) is 10. The lowest BCUT2D eigenvalue weighted by Gasteiger charge is -2.28. The van der Waals surface area contributed by atoms with Gasteiger partial charge < -0.3 is 25.7 Å². The summed E-state index contributed by atoms with van der Waals surface area (Å²) in [4.78, 5) is 61.9. The van der Waals surface area contributed by atoms with Gasteiger partial charge in [0.05, 0.1) is 18.7 Å². The second-order valence-corrected chi connectivity index (χ2v) is 11.2. The molecule has 1 heterocycles. The molecule has 0 aliphatic rings. The van der Waals surface area contributed by atoms with Gasteiger partial charge in [-0.25, -0.2) is 4.98 Å². The summed E-state index contributed by atoms with van der Waals surface area (Å²) in [6.45, 7) is 6.86. The molecule has 0 saturated carbocycles. The highest BCUT2D eigenvalue weighted by Gasteiger charge is 2.40. The maximum atomic E-state index is 13.8. The Labute approximate surface area is 261 Å². The monoisotopic (exact) mass is 610 g/mol. The van der Waals surface area contributed by atoms with Crippen molar-refractivity contribution < 1.29 is 28.5 Å². The zero-order valence-corrected chi connectivity index (χ0v) is 26.4. The lowest BCUT2D eigenvalue weighted by atomic mass is 9.73. The van der Waals surface area contributed by atoms with Crippen molar-refractivity contribution in [2.24, 2.45) is 11.7 Å². The van der Waals surface area contributed by atoms with E-state index in [1.54, 1.807) is 6.92 Å². The number of rotatable bonds is 20. The molecule has 13 heteroatoms. The Hall–Kier alpha value is -3.84. The van der Waals surface area contributed by atoms with Gasteiger partial charge in [0, 0.05) is 25.2 Å². The smallest absolute Gasteiger partial charge is 0.498 e. The number of unbranched alkanes of at least 4 members (excludes halogenated alkanes) is 3. The third-order valence-electron chi connectivity index (χ3n) is 6.76. The maximum Gasteiger partial charge on any atom is 0.622 e. The fourth-order valence-electron chi connectivity index (χ4n) is 4.48. The maximum absolute atomic E-state index is 13.8. The summed E-state index contributed by atoms with van der Waals surface area (Å²) in [5.41, 5.74) is 6.43. The van der Waals surface area contributed by atoms with E-state index < -0.39 is 42.9 Å². The van der Waals surface area contributed by atoms with Crippen LogP contribution >= 0.6 is 0 Å². The van der Waals surface area contributed by atoms with Gasteiger partial charge in [-0.3, -0.25) is 29.1 Å². The molecule has 0 bridgehead atoms. The average molecular weight is 611 g/mol. The van der Waals surface area contributed by atoms with Gasteiger partial charge in [-0.05, 0) is 50.9 Å². The number of carbonyl (C=O) groups is 4. The van der Waals surface area contributed by atoms with E-state index in [4.69, 9.17) is 15.0 Å². The van der Waals surface area contributed by atoms with Gasteiger partial charge >= 0.3 is 13.1 Å². The molecule has 2 aromatic rings. The number of hydrogen-bond donors (Lipinski definition) is 3. The topological polar surface area (TPSA) is 166 Å². The Morgan fingerprint density at radius 1 is 0.977 bits per heavy atom.